The molecule has 0 radical (unpaired) electrons. The molecule has 0 saturated heterocycles. The van der Waals surface area contributed by atoms with E-state index in [0.29, 0.717) is 5.69 Å². The molecule has 1 N–H and O–H groups in total. The van der Waals surface area contributed by atoms with Gasteiger partial charge in [0.1, 0.15) is 11.8 Å². The van der Waals surface area contributed by atoms with Crippen molar-refractivity contribution in [3.05, 3.63) is 42.1 Å². The van der Waals surface area contributed by atoms with Crippen LogP contribution in [0.5, 0.6) is 11.5 Å². The Morgan fingerprint density at radius 2 is 2.18 bits per heavy atom. The molecule has 0 amide bonds. The minimum atomic E-state index is -0.112. The summed E-state index contributed by atoms with van der Waals surface area (Å²) in [6.07, 6.45) is 1.27. The zero-order chi connectivity index (χ0) is 12.3. The molecule has 0 fully saturated rings. The first-order valence-corrected chi connectivity index (χ1v) is 4.98. The van der Waals surface area contributed by atoms with Gasteiger partial charge in [0.2, 0.25) is 0 Å². The second-order valence-corrected chi connectivity index (χ2v) is 3.43. The maximum Gasteiger partial charge on any atom is 0.151 e. The number of aromatic nitrogens is 1. The van der Waals surface area contributed by atoms with Gasteiger partial charge in [0.25, 0.3) is 0 Å². The Kier molecular flexibility index (Phi) is 2.93. The van der Waals surface area contributed by atoms with Crippen molar-refractivity contribution in [2.75, 3.05) is 7.11 Å². The third-order valence-electron chi connectivity index (χ3n) is 2.37. The molecule has 4 nitrogen and oxygen atoms in total. The topological polar surface area (TPSA) is 66.1 Å². The number of pyridine rings is 1. The number of hydrogen-bond donors (Lipinski definition) is 1. The fourth-order valence-corrected chi connectivity index (χ4v) is 1.48. The first kappa shape index (κ1) is 11.0. The van der Waals surface area contributed by atoms with Crippen molar-refractivity contribution < 1.29 is 9.84 Å². The smallest absolute Gasteiger partial charge is 0.151 e. The van der Waals surface area contributed by atoms with Crippen LogP contribution in [0.15, 0.2) is 36.5 Å². The molecule has 2 aromatic rings. The summed E-state index contributed by atoms with van der Waals surface area (Å²) in [6, 6.07) is 10.8. The summed E-state index contributed by atoms with van der Waals surface area (Å²) in [6.45, 7) is 0. The van der Waals surface area contributed by atoms with Crippen LogP contribution in [0.4, 0.5) is 0 Å². The molecule has 0 atom stereocenters. The summed E-state index contributed by atoms with van der Waals surface area (Å²) in [5.41, 5.74) is 1.66. The van der Waals surface area contributed by atoms with E-state index in [0.717, 1.165) is 11.3 Å². The van der Waals surface area contributed by atoms with Crippen LogP contribution in [-0.2, 0) is 0 Å². The largest absolute Gasteiger partial charge is 0.505 e. The van der Waals surface area contributed by atoms with Gasteiger partial charge in [-0.3, -0.25) is 4.98 Å². The molecule has 17 heavy (non-hydrogen) atoms. The zero-order valence-electron chi connectivity index (χ0n) is 9.21. The van der Waals surface area contributed by atoms with E-state index in [1.165, 1.54) is 6.20 Å². The van der Waals surface area contributed by atoms with E-state index in [9.17, 15) is 5.11 Å². The summed E-state index contributed by atoms with van der Waals surface area (Å²) >= 11 is 0. The van der Waals surface area contributed by atoms with Gasteiger partial charge in [-0.1, -0.05) is 12.1 Å². The minimum absolute atomic E-state index is 0.112. The molecule has 0 aliphatic heterocycles. The van der Waals surface area contributed by atoms with Crippen LogP contribution in [0.2, 0.25) is 0 Å². The molecular weight excluding hydrogens is 216 g/mol. The van der Waals surface area contributed by atoms with E-state index < -0.39 is 0 Å². The van der Waals surface area contributed by atoms with Gasteiger partial charge < -0.3 is 9.84 Å². The number of rotatable bonds is 2. The van der Waals surface area contributed by atoms with Crippen molar-refractivity contribution in [1.82, 2.24) is 4.98 Å². The van der Waals surface area contributed by atoms with E-state index in [2.05, 4.69) is 4.98 Å². The molecule has 0 aliphatic carbocycles. The molecule has 4 heteroatoms. The van der Waals surface area contributed by atoms with Gasteiger partial charge >= 0.3 is 0 Å². The number of hydrogen-bond acceptors (Lipinski definition) is 4. The average molecular weight is 226 g/mol. The Labute approximate surface area is 98.7 Å². The lowest BCUT2D eigenvalue weighted by Crippen LogP contribution is -1.88. The van der Waals surface area contributed by atoms with Gasteiger partial charge in [0.05, 0.1) is 24.6 Å². The third-order valence-corrected chi connectivity index (χ3v) is 2.37. The fourth-order valence-electron chi connectivity index (χ4n) is 1.48. The maximum absolute atomic E-state index is 9.37. The van der Waals surface area contributed by atoms with Crippen molar-refractivity contribution in [2.24, 2.45) is 0 Å². The zero-order valence-corrected chi connectivity index (χ0v) is 9.21. The fraction of sp³-hybridized carbons (Fsp3) is 0.0769. The van der Waals surface area contributed by atoms with Crippen LogP contribution in [0.3, 0.4) is 0 Å². The Hall–Kier alpha value is -2.54. The summed E-state index contributed by atoms with van der Waals surface area (Å²) in [5, 5.41) is 18.2. The Morgan fingerprint density at radius 1 is 1.35 bits per heavy atom. The van der Waals surface area contributed by atoms with E-state index >= 15 is 0 Å². The lowest BCUT2D eigenvalue weighted by atomic mass is 10.1. The van der Waals surface area contributed by atoms with Crippen LogP contribution in [0, 0.1) is 11.3 Å². The molecule has 1 heterocycles. The van der Waals surface area contributed by atoms with Crippen molar-refractivity contribution in [2.45, 2.75) is 0 Å². The number of nitrogens with zero attached hydrogens (tertiary/aromatic N) is 2. The van der Waals surface area contributed by atoms with Crippen molar-refractivity contribution in [1.29, 1.82) is 5.26 Å². The third kappa shape index (κ3) is 2.18. The van der Waals surface area contributed by atoms with Crippen LogP contribution in [0.1, 0.15) is 5.56 Å². The molecule has 0 aliphatic rings. The van der Waals surface area contributed by atoms with E-state index in [1.807, 2.05) is 30.3 Å². The Morgan fingerprint density at radius 3 is 2.88 bits per heavy atom. The molecule has 2 rings (SSSR count). The second-order valence-electron chi connectivity index (χ2n) is 3.43. The van der Waals surface area contributed by atoms with Crippen molar-refractivity contribution in [3.8, 4) is 28.8 Å². The molecule has 0 unspecified atom stereocenters. The van der Waals surface area contributed by atoms with Crippen LogP contribution in [-0.4, -0.2) is 17.2 Å². The average Bonchev–Trinajstić information content (AvgIpc) is 2.39. The van der Waals surface area contributed by atoms with Gasteiger partial charge in [-0.15, -0.1) is 0 Å². The highest BCUT2D eigenvalue weighted by Crippen LogP contribution is 2.25. The van der Waals surface area contributed by atoms with Crippen LogP contribution in [0.25, 0.3) is 11.3 Å². The van der Waals surface area contributed by atoms with Gasteiger partial charge in [-0.2, -0.15) is 5.26 Å². The summed E-state index contributed by atoms with van der Waals surface area (Å²) < 4.78 is 5.11. The lowest BCUT2D eigenvalue weighted by Gasteiger charge is -2.04. The van der Waals surface area contributed by atoms with E-state index in [-0.39, 0.29) is 11.3 Å². The molecular formula is C13H10N2O2. The highest BCUT2D eigenvalue weighted by Gasteiger charge is 2.06. The quantitative estimate of drug-likeness (QED) is 0.853. The normalized spacial score (nSPS) is 9.65. The standard InChI is InChI=1S/C13H10N2O2/c1-17-11-4-2-3-9(5-11)12-6-10(7-14)13(16)8-15-12/h2-6,8,16H,1H3. The Balaban J connectivity index is 2.49. The van der Waals surface area contributed by atoms with Crippen LogP contribution >= 0.6 is 0 Å². The predicted octanol–water partition coefficient (Wildman–Crippen LogP) is 2.33. The number of aromatic hydroxyl groups is 1. The summed E-state index contributed by atoms with van der Waals surface area (Å²) in [4.78, 5) is 4.08. The SMILES string of the molecule is COc1cccc(-c2cc(C#N)c(O)cn2)c1. The molecule has 0 bridgehead atoms. The monoisotopic (exact) mass is 226 g/mol. The number of benzene rings is 1. The number of ether oxygens (including phenoxy) is 1. The number of nitriles is 1. The van der Waals surface area contributed by atoms with Gasteiger partial charge in [0.15, 0.2) is 5.75 Å². The molecule has 84 valence electrons. The maximum atomic E-state index is 9.37. The minimum Gasteiger partial charge on any atom is -0.505 e. The Bertz CT molecular complexity index is 588. The first-order valence-electron chi connectivity index (χ1n) is 4.98. The molecule has 0 spiro atoms. The highest BCUT2D eigenvalue weighted by molar-refractivity contribution is 5.64. The summed E-state index contributed by atoms with van der Waals surface area (Å²) in [7, 11) is 1.59. The van der Waals surface area contributed by atoms with Crippen LogP contribution < -0.4 is 4.74 Å². The molecule has 1 aromatic heterocycles. The van der Waals surface area contributed by atoms with Gasteiger partial charge in [0, 0.05) is 5.56 Å². The molecule has 0 saturated carbocycles. The first-order chi connectivity index (χ1) is 8.24. The second kappa shape index (κ2) is 4.54. The predicted molar refractivity (Wildman–Crippen MR) is 62.6 cm³/mol. The van der Waals surface area contributed by atoms with Crippen molar-refractivity contribution >= 4 is 0 Å². The lowest BCUT2D eigenvalue weighted by molar-refractivity contribution is 0.415. The molecule has 1 aromatic carbocycles. The van der Waals surface area contributed by atoms with E-state index in [1.54, 1.807) is 13.2 Å². The summed E-state index contributed by atoms with van der Waals surface area (Å²) in [5.74, 6) is 0.607. The number of methoxy groups -OCH3 is 1. The van der Waals surface area contributed by atoms with Crippen molar-refractivity contribution in [3.63, 3.8) is 0 Å². The van der Waals surface area contributed by atoms with E-state index in [4.69, 9.17) is 10.00 Å². The van der Waals surface area contributed by atoms with Gasteiger partial charge in [-0.25, -0.2) is 0 Å². The van der Waals surface area contributed by atoms with Gasteiger partial charge in [-0.05, 0) is 18.2 Å². The highest BCUT2D eigenvalue weighted by atomic mass is 16.5.